The SMILES string of the molecule is CC1(C)OC2C(Cl)C([Se]c3ccccc3)C(O)(CO[Si](C)(C)C(C)(C)C)C2O1. The molecule has 1 aliphatic heterocycles. The molecule has 0 spiro atoms. The number of aliphatic hydroxyl groups is 1. The molecule has 1 aromatic carbocycles. The van der Waals surface area contributed by atoms with Gasteiger partial charge in [0.1, 0.15) is 0 Å². The van der Waals surface area contributed by atoms with Crippen molar-refractivity contribution in [1.29, 1.82) is 0 Å². The summed E-state index contributed by atoms with van der Waals surface area (Å²) in [7, 11) is -2.04. The van der Waals surface area contributed by atoms with Gasteiger partial charge >= 0.3 is 182 Å². The molecule has 0 radical (unpaired) electrons. The van der Waals surface area contributed by atoms with Crippen molar-refractivity contribution in [1.82, 2.24) is 0 Å². The van der Waals surface area contributed by atoms with E-state index in [2.05, 4.69) is 46.0 Å². The van der Waals surface area contributed by atoms with E-state index in [9.17, 15) is 5.11 Å². The molecule has 5 unspecified atom stereocenters. The van der Waals surface area contributed by atoms with Crippen molar-refractivity contribution in [2.24, 2.45) is 0 Å². The summed E-state index contributed by atoms with van der Waals surface area (Å²) in [4.78, 5) is -0.153. The fourth-order valence-corrected chi connectivity index (χ4v) is 7.93. The molecule has 5 atom stereocenters. The normalized spacial score (nSPS) is 35.2. The first-order chi connectivity index (χ1) is 12.8. The third-order valence-corrected chi connectivity index (χ3v) is 14.7. The molecule has 1 aromatic rings. The molecule has 2 aliphatic rings. The minimum absolute atomic E-state index is 0.0274. The average molecular weight is 492 g/mol. The van der Waals surface area contributed by atoms with Gasteiger partial charge in [-0.25, -0.2) is 0 Å². The summed E-state index contributed by atoms with van der Waals surface area (Å²) in [6.45, 7) is 15.0. The van der Waals surface area contributed by atoms with E-state index in [4.69, 9.17) is 25.5 Å². The van der Waals surface area contributed by atoms with Crippen LogP contribution in [0.3, 0.4) is 0 Å². The van der Waals surface area contributed by atoms with Crippen LogP contribution in [0.15, 0.2) is 30.3 Å². The predicted molar refractivity (Wildman–Crippen MR) is 117 cm³/mol. The van der Waals surface area contributed by atoms with Crippen LogP contribution in [-0.4, -0.2) is 64.0 Å². The van der Waals surface area contributed by atoms with Gasteiger partial charge in [0.05, 0.1) is 0 Å². The topological polar surface area (TPSA) is 47.9 Å². The molecule has 158 valence electrons. The number of hydrogen-bond acceptors (Lipinski definition) is 4. The monoisotopic (exact) mass is 492 g/mol. The second kappa shape index (κ2) is 7.65. The van der Waals surface area contributed by atoms with E-state index in [1.54, 1.807) is 0 Å². The van der Waals surface area contributed by atoms with Crippen molar-refractivity contribution >= 4 is 39.3 Å². The second-order valence-corrected chi connectivity index (χ2v) is 17.7. The van der Waals surface area contributed by atoms with Crippen molar-refractivity contribution in [2.45, 2.75) is 86.5 Å². The Hall–Kier alpha value is 0.0864. The summed E-state index contributed by atoms with van der Waals surface area (Å²) < 4.78 is 19.9. The summed E-state index contributed by atoms with van der Waals surface area (Å²) in [5.74, 6) is -0.752. The van der Waals surface area contributed by atoms with Gasteiger partial charge in [0.2, 0.25) is 0 Å². The van der Waals surface area contributed by atoms with E-state index in [0.717, 1.165) is 0 Å². The first kappa shape index (κ1) is 22.8. The molecule has 28 heavy (non-hydrogen) atoms. The van der Waals surface area contributed by atoms with Crippen LogP contribution in [0.2, 0.25) is 22.9 Å². The number of ether oxygens (including phenoxy) is 2. The molecule has 0 aromatic heterocycles. The molecule has 1 heterocycles. The molecule has 3 rings (SSSR count). The van der Waals surface area contributed by atoms with Crippen molar-refractivity contribution < 1.29 is 19.0 Å². The van der Waals surface area contributed by atoms with E-state index >= 15 is 0 Å². The standard InChI is InChI=1S/C21H33ClO4SeSi/c1-19(2,3)28(6,7)24-13-21(23)17-16(25-20(4,5)26-17)15(22)18(21)27-14-11-9-8-10-12-14/h8-12,15-18,23H,13H2,1-7H3. The van der Waals surface area contributed by atoms with E-state index in [-0.39, 0.29) is 42.9 Å². The van der Waals surface area contributed by atoms with Gasteiger partial charge in [-0.15, -0.1) is 0 Å². The molecule has 1 saturated carbocycles. The molecule has 1 N–H and O–H groups in total. The van der Waals surface area contributed by atoms with Gasteiger partial charge in [0.25, 0.3) is 0 Å². The summed E-state index contributed by atoms with van der Waals surface area (Å²) in [6, 6.07) is 10.2. The Morgan fingerprint density at radius 2 is 1.79 bits per heavy atom. The van der Waals surface area contributed by atoms with Crippen LogP contribution in [0, 0.1) is 0 Å². The summed E-state index contributed by atoms with van der Waals surface area (Å²) in [5, 5.41) is 11.7. The fraction of sp³-hybridized carbons (Fsp3) is 0.714. The molecule has 2 fully saturated rings. The van der Waals surface area contributed by atoms with E-state index in [1.807, 2.05) is 32.0 Å². The molecule has 0 amide bonds. The first-order valence-corrected chi connectivity index (χ1v) is 15.0. The Morgan fingerprint density at radius 1 is 1.18 bits per heavy atom. The zero-order chi connectivity index (χ0) is 21.0. The maximum atomic E-state index is 11.9. The number of benzene rings is 1. The van der Waals surface area contributed by atoms with Crippen LogP contribution in [0.5, 0.6) is 0 Å². The fourth-order valence-electron chi connectivity index (χ4n) is 3.51. The number of alkyl halides is 1. The Morgan fingerprint density at radius 3 is 2.36 bits per heavy atom. The average Bonchev–Trinajstić information content (AvgIpc) is 3.00. The number of fused-ring (bicyclic) bond motifs is 1. The molecular formula is C21H33ClO4SeSi. The molecule has 4 nitrogen and oxygen atoms in total. The number of hydrogen-bond donors (Lipinski definition) is 1. The van der Waals surface area contributed by atoms with Crippen LogP contribution >= 0.6 is 11.6 Å². The van der Waals surface area contributed by atoms with Gasteiger partial charge in [-0.1, -0.05) is 0 Å². The van der Waals surface area contributed by atoms with Gasteiger partial charge in [-0.2, -0.15) is 0 Å². The van der Waals surface area contributed by atoms with Crippen molar-refractivity contribution in [3.8, 4) is 0 Å². The van der Waals surface area contributed by atoms with Gasteiger partial charge in [0.15, 0.2) is 0 Å². The van der Waals surface area contributed by atoms with E-state index < -0.39 is 25.8 Å². The third kappa shape index (κ3) is 4.26. The summed E-state index contributed by atoms with van der Waals surface area (Å²) in [5.41, 5.74) is -1.17. The van der Waals surface area contributed by atoms with Crippen LogP contribution in [-0.2, 0) is 13.9 Å². The first-order valence-electron chi connectivity index (χ1n) is 9.85. The van der Waals surface area contributed by atoms with Crippen LogP contribution in [0.4, 0.5) is 0 Å². The van der Waals surface area contributed by atoms with Crippen LogP contribution in [0.25, 0.3) is 0 Å². The van der Waals surface area contributed by atoms with Crippen LogP contribution in [0.1, 0.15) is 34.6 Å². The summed E-state index contributed by atoms with van der Waals surface area (Å²) >= 11 is 6.86. The van der Waals surface area contributed by atoms with E-state index in [1.165, 1.54) is 4.46 Å². The van der Waals surface area contributed by atoms with Crippen molar-refractivity contribution in [2.75, 3.05) is 6.61 Å². The van der Waals surface area contributed by atoms with Gasteiger partial charge in [0, 0.05) is 0 Å². The molecule has 1 saturated heterocycles. The number of halogens is 1. The number of rotatable bonds is 5. The van der Waals surface area contributed by atoms with Crippen molar-refractivity contribution in [3.05, 3.63) is 30.3 Å². The zero-order valence-corrected chi connectivity index (χ0v) is 21.3. The second-order valence-electron chi connectivity index (χ2n) is 9.86. The molecule has 0 bridgehead atoms. The van der Waals surface area contributed by atoms with Gasteiger partial charge < -0.3 is 0 Å². The third-order valence-electron chi connectivity index (χ3n) is 6.19. The predicted octanol–water partition coefficient (Wildman–Crippen LogP) is 3.70. The van der Waals surface area contributed by atoms with Crippen molar-refractivity contribution in [3.63, 3.8) is 0 Å². The Kier molecular flexibility index (Phi) is 6.22. The van der Waals surface area contributed by atoms with Gasteiger partial charge in [-0.3, -0.25) is 0 Å². The quantitative estimate of drug-likeness (QED) is 0.504. The van der Waals surface area contributed by atoms with E-state index in [0.29, 0.717) is 0 Å². The molecule has 7 heteroatoms. The maximum absolute atomic E-state index is 11.9. The summed E-state index contributed by atoms with van der Waals surface area (Å²) in [6.07, 6.45) is -0.814. The molecule has 1 aliphatic carbocycles. The Bertz CT molecular complexity index is 693. The zero-order valence-electron chi connectivity index (χ0n) is 17.9. The Labute approximate surface area is 181 Å². The Balaban J connectivity index is 1.89. The molecular weight excluding hydrogens is 459 g/mol. The van der Waals surface area contributed by atoms with Gasteiger partial charge in [-0.05, 0) is 0 Å². The minimum atomic E-state index is -2.04. The van der Waals surface area contributed by atoms with Crippen LogP contribution < -0.4 is 4.46 Å².